The second-order valence-corrected chi connectivity index (χ2v) is 9.56. The van der Waals surface area contributed by atoms with Gasteiger partial charge in [0.05, 0.1) is 5.75 Å². The number of hydrogen-bond donors (Lipinski definition) is 1. The molecule has 2 aromatic rings. The minimum Gasteiger partial charge on any atom is -0.461 e. The van der Waals surface area contributed by atoms with Crippen LogP contribution in [0.25, 0.3) is 11.0 Å². The number of rotatable bonds is 9. The zero-order valence-corrected chi connectivity index (χ0v) is 17.4. The van der Waals surface area contributed by atoms with Crippen LogP contribution >= 0.6 is 0 Å². The summed E-state index contributed by atoms with van der Waals surface area (Å²) in [6.07, 6.45) is 5.64. The number of aryl methyl sites for hydroxylation is 1. The summed E-state index contributed by atoms with van der Waals surface area (Å²) >= 11 is 0. The van der Waals surface area contributed by atoms with E-state index in [1.807, 2.05) is 19.1 Å². The summed E-state index contributed by atoms with van der Waals surface area (Å²) < 4.78 is 32.2. The molecule has 1 saturated heterocycles. The Hall–Kier alpha value is -1.37. The topological polar surface area (TPSA) is 62.6 Å². The highest BCUT2D eigenvalue weighted by Crippen LogP contribution is 2.27. The van der Waals surface area contributed by atoms with Gasteiger partial charge < -0.3 is 9.73 Å². The lowest BCUT2D eigenvalue weighted by Gasteiger charge is -2.31. The first-order valence-corrected chi connectivity index (χ1v) is 11.9. The van der Waals surface area contributed by atoms with Crippen molar-refractivity contribution >= 4 is 21.0 Å². The maximum atomic E-state index is 12.2. The third-order valence-corrected chi connectivity index (χ3v) is 7.49. The van der Waals surface area contributed by atoms with Crippen LogP contribution < -0.4 is 5.32 Å². The second-order valence-electron chi connectivity index (χ2n) is 7.47. The first-order valence-electron chi connectivity index (χ1n) is 10.3. The fraction of sp³-hybridized carbons (Fsp3) is 0.619. The van der Waals surface area contributed by atoms with Gasteiger partial charge in [0.25, 0.3) is 0 Å². The number of furan rings is 1. The Balaban J connectivity index is 1.62. The lowest BCUT2D eigenvalue weighted by atomic mass is 10.0. The normalized spacial score (nSPS) is 17.0. The Kier molecular flexibility index (Phi) is 6.95. The second kappa shape index (κ2) is 9.22. The SMILES string of the molecule is CCCCc1oc2ccccc2c1CNC1CCN(S(=O)(=O)CCC)CC1. The Morgan fingerprint density at radius 2 is 1.89 bits per heavy atom. The molecule has 1 aromatic carbocycles. The molecule has 1 aromatic heterocycles. The highest BCUT2D eigenvalue weighted by molar-refractivity contribution is 7.89. The van der Waals surface area contributed by atoms with Crippen molar-refractivity contribution in [3.05, 3.63) is 35.6 Å². The molecule has 0 unspecified atom stereocenters. The Bertz CT molecular complexity index is 836. The van der Waals surface area contributed by atoms with E-state index in [1.165, 1.54) is 10.9 Å². The molecule has 1 fully saturated rings. The van der Waals surface area contributed by atoms with Gasteiger partial charge in [-0.15, -0.1) is 0 Å². The largest absolute Gasteiger partial charge is 0.461 e. The first-order chi connectivity index (χ1) is 13.0. The summed E-state index contributed by atoms with van der Waals surface area (Å²) in [4.78, 5) is 0. The van der Waals surface area contributed by atoms with Gasteiger partial charge in [-0.2, -0.15) is 0 Å². The molecule has 0 spiro atoms. The van der Waals surface area contributed by atoms with Gasteiger partial charge in [0, 0.05) is 43.0 Å². The Morgan fingerprint density at radius 1 is 1.15 bits per heavy atom. The molecule has 0 aliphatic carbocycles. The van der Waals surface area contributed by atoms with Gasteiger partial charge in [-0.1, -0.05) is 38.5 Å². The molecule has 3 rings (SSSR count). The standard InChI is InChI=1S/C21H32N2O3S/c1-3-5-9-21-19(18-8-6-7-10-20(18)26-21)16-22-17-11-13-23(14-12-17)27(24,25)15-4-2/h6-8,10,17,22H,3-5,9,11-16H2,1-2H3. The number of sulfonamides is 1. The molecule has 0 amide bonds. The van der Waals surface area contributed by atoms with Crippen molar-refractivity contribution < 1.29 is 12.8 Å². The van der Waals surface area contributed by atoms with Crippen LogP contribution in [0, 0.1) is 0 Å². The Labute approximate surface area is 163 Å². The number of piperidine rings is 1. The van der Waals surface area contributed by atoms with E-state index in [9.17, 15) is 8.42 Å². The molecule has 6 heteroatoms. The zero-order valence-electron chi connectivity index (χ0n) is 16.5. The summed E-state index contributed by atoms with van der Waals surface area (Å²) in [7, 11) is -3.07. The van der Waals surface area contributed by atoms with Crippen molar-refractivity contribution in [2.75, 3.05) is 18.8 Å². The number of unbranched alkanes of at least 4 members (excludes halogenated alkanes) is 1. The Morgan fingerprint density at radius 3 is 2.59 bits per heavy atom. The molecule has 0 bridgehead atoms. The van der Waals surface area contributed by atoms with Gasteiger partial charge in [0.2, 0.25) is 10.0 Å². The van der Waals surface area contributed by atoms with Crippen LogP contribution in [0.1, 0.15) is 57.3 Å². The van der Waals surface area contributed by atoms with E-state index in [4.69, 9.17) is 4.42 Å². The van der Waals surface area contributed by atoms with Crippen molar-refractivity contribution in [3.63, 3.8) is 0 Å². The summed E-state index contributed by atoms with van der Waals surface area (Å²) in [5, 5.41) is 4.85. The van der Waals surface area contributed by atoms with Crippen molar-refractivity contribution in [3.8, 4) is 0 Å². The average Bonchev–Trinajstić information content (AvgIpc) is 3.02. The van der Waals surface area contributed by atoms with Crippen molar-refractivity contribution in [1.82, 2.24) is 9.62 Å². The van der Waals surface area contributed by atoms with Crippen LogP contribution in [0.2, 0.25) is 0 Å². The van der Waals surface area contributed by atoms with Crippen LogP contribution in [0.4, 0.5) is 0 Å². The fourth-order valence-electron chi connectivity index (χ4n) is 3.85. The van der Waals surface area contributed by atoms with Gasteiger partial charge in [0.1, 0.15) is 11.3 Å². The summed E-state index contributed by atoms with van der Waals surface area (Å²) in [5.41, 5.74) is 2.22. The zero-order chi connectivity index (χ0) is 19.3. The minimum atomic E-state index is -3.07. The minimum absolute atomic E-state index is 0.257. The highest BCUT2D eigenvalue weighted by Gasteiger charge is 2.27. The lowest BCUT2D eigenvalue weighted by molar-refractivity contribution is 0.288. The van der Waals surface area contributed by atoms with E-state index >= 15 is 0 Å². The molecular formula is C21H32N2O3S. The lowest BCUT2D eigenvalue weighted by Crippen LogP contribution is -2.45. The van der Waals surface area contributed by atoms with E-state index in [2.05, 4.69) is 24.4 Å². The van der Waals surface area contributed by atoms with E-state index in [1.54, 1.807) is 4.31 Å². The van der Waals surface area contributed by atoms with Crippen molar-refractivity contribution in [2.45, 2.75) is 65.0 Å². The number of fused-ring (bicyclic) bond motifs is 1. The summed E-state index contributed by atoms with van der Waals surface area (Å²) in [6, 6.07) is 8.59. The number of para-hydroxylation sites is 1. The molecular weight excluding hydrogens is 360 g/mol. The third-order valence-electron chi connectivity index (χ3n) is 5.42. The number of hydrogen-bond acceptors (Lipinski definition) is 4. The maximum Gasteiger partial charge on any atom is 0.214 e. The predicted octanol–water partition coefficient (Wildman–Crippen LogP) is 4.07. The monoisotopic (exact) mass is 392 g/mol. The molecule has 0 radical (unpaired) electrons. The molecule has 27 heavy (non-hydrogen) atoms. The van der Waals surface area contributed by atoms with Crippen LogP contribution in [-0.4, -0.2) is 37.6 Å². The van der Waals surface area contributed by atoms with Gasteiger partial charge in [-0.05, 0) is 31.7 Å². The first kappa shape index (κ1) is 20.4. The van der Waals surface area contributed by atoms with Crippen LogP contribution in [-0.2, 0) is 23.0 Å². The van der Waals surface area contributed by atoms with Gasteiger partial charge >= 0.3 is 0 Å². The van der Waals surface area contributed by atoms with Crippen LogP contribution in [0.15, 0.2) is 28.7 Å². The molecule has 1 N–H and O–H groups in total. The third kappa shape index (κ3) is 4.92. The van der Waals surface area contributed by atoms with E-state index in [-0.39, 0.29) is 5.75 Å². The summed E-state index contributed by atoms with van der Waals surface area (Å²) in [5.74, 6) is 1.35. The number of nitrogens with zero attached hydrogens (tertiary/aromatic N) is 1. The molecule has 1 aliphatic heterocycles. The van der Waals surface area contributed by atoms with Crippen LogP contribution in [0.3, 0.4) is 0 Å². The smallest absolute Gasteiger partial charge is 0.214 e. The fourth-order valence-corrected chi connectivity index (χ4v) is 5.40. The van der Waals surface area contributed by atoms with E-state index in [0.29, 0.717) is 25.6 Å². The van der Waals surface area contributed by atoms with Gasteiger partial charge in [-0.25, -0.2) is 12.7 Å². The highest BCUT2D eigenvalue weighted by atomic mass is 32.2. The number of nitrogens with one attached hydrogen (secondary N) is 1. The molecule has 1 aliphatic rings. The van der Waals surface area contributed by atoms with Crippen molar-refractivity contribution in [2.24, 2.45) is 0 Å². The molecule has 5 nitrogen and oxygen atoms in total. The molecule has 2 heterocycles. The summed E-state index contributed by atoms with van der Waals surface area (Å²) in [6.45, 7) is 6.13. The molecule has 0 saturated carbocycles. The van der Waals surface area contributed by atoms with E-state index in [0.717, 1.165) is 50.0 Å². The number of benzene rings is 1. The van der Waals surface area contributed by atoms with Crippen LogP contribution in [0.5, 0.6) is 0 Å². The van der Waals surface area contributed by atoms with Crippen molar-refractivity contribution in [1.29, 1.82) is 0 Å². The quantitative estimate of drug-likeness (QED) is 0.699. The molecule has 150 valence electrons. The maximum absolute atomic E-state index is 12.2. The average molecular weight is 393 g/mol. The predicted molar refractivity (Wildman–Crippen MR) is 110 cm³/mol. The molecule has 0 atom stereocenters. The van der Waals surface area contributed by atoms with Gasteiger partial charge in [0.15, 0.2) is 0 Å². The van der Waals surface area contributed by atoms with Gasteiger partial charge in [-0.3, -0.25) is 0 Å². The van der Waals surface area contributed by atoms with E-state index < -0.39 is 10.0 Å².